The van der Waals surface area contributed by atoms with Crippen molar-refractivity contribution in [1.29, 1.82) is 0 Å². The Balaban J connectivity index is 1.41. The number of amides is 1. The third-order valence-electron chi connectivity index (χ3n) is 6.11. The van der Waals surface area contributed by atoms with Gasteiger partial charge >= 0.3 is 0 Å². The fourth-order valence-electron chi connectivity index (χ4n) is 4.52. The average molecular weight is 382 g/mol. The van der Waals surface area contributed by atoms with Crippen LogP contribution < -0.4 is 0 Å². The van der Waals surface area contributed by atoms with Gasteiger partial charge in [0.05, 0.1) is 12.6 Å². The van der Waals surface area contributed by atoms with Crippen LogP contribution in [0.4, 0.5) is 4.39 Å². The zero-order chi connectivity index (χ0) is 19.4. The van der Waals surface area contributed by atoms with Crippen molar-refractivity contribution in [3.63, 3.8) is 0 Å². The fraction of sp³-hybridized carbons (Fsp3) is 0.450. The number of fused-ring (bicyclic) bond motifs is 2. The number of benzene rings is 1. The largest absolute Gasteiger partial charge is 0.340 e. The number of hydrogen-bond acceptors (Lipinski definition) is 4. The van der Waals surface area contributed by atoms with Gasteiger partial charge in [0.2, 0.25) is 0 Å². The summed E-state index contributed by atoms with van der Waals surface area (Å²) >= 11 is 0. The lowest BCUT2D eigenvalue weighted by atomic mass is 10.2. The van der Waals surface area contributed by atoms with Crippen molar-refractivity contribution in [2.75, 3.05) is 20.1 Å². The van der Waals surface area contributed by atoms with E-state index in [-0.39, 0.29) is 11.7 Å². The van der Waals surface area contributed by atoms with Gasteiger partial charge in [-0.2, -0.15) is 0 Å². The smallest absolute Gasteiger partial charge is 0.270 e. The van der Waals surface area contributed by atoms with Gasteiger partial charge in [-0.3, -0.25) is 9.69 Å². The summed E-state index contributed by atoms with van der Waals surface area (Å²) in [5, 5.41) is 9.55. The van der Waals surface area contributed by atoms with Gasteiger partial charge in [-0.05, 0) is 50.7 Å². The van der Waals surface area contributed by atoms with E-state index in [1.165, 1.54) is 18.6 Å². The molecule has 0 radical (unpaired) electrons. The highest BCUT2D eigenvalue weighted by Gasteiger charge is 2.32. The first-order valence-electron chi connectivity index (χ1n) is 9.69. The van der Waals surface area contributed by atoms with Crippen LogP contribution in [0.15, 0.2) is 24.3 Å². The summed E-state index contributed by atoms with van der Waals surface area (Å²) in [4.78, 5) is 17.3. The molecule has 2 aliphatic heterocycles. The molecule has 0 spiro atoms. The van der Waals surface area contributed by atoms with Crippen LogP contribution >= 0.6 is 0 Å². The number of nitrogens with zero attached hydrogens (tertiary/aromatic N) is 6. The van der Waals surface area contributed by atoms with Crippen LogP contribution in [0.2, 0.25) is 0 Å². The molecule has 1 amide bonds. The zero-order valence-electron chi connectivity index (χ0n) is 16.1. The van der Waals surface area contributed by atoms with Gasteiger partial charge in [0, 0.05) is 31.0 Å². The maximum absolute atomic E-state index is 13.5. The second kappa shape index (κ2) is 6.41. The number of carbonyl (C=O) groups excluding carboxylic acids is 1. The van der Waals surface area contributed by atoms with E-state index in [0.29, 0.717) is 31.4 Å². The van der Waals surface area contributed by atoms with Crippen LogP contribution in [-0.2, 0) is 20.1 Å². The van der Waals surface area contributed by atoms with E-state index < -0.39 is 0 Å². The van der Waals surface area contributed by atoms with Crippen LogP contribution in [0.5, 0.6) is 0 Å². The topological polar surface area (TPSA) is 59.2 Å². The Morgan fingerprint density at radius 1 is 1.14 bits per heavy atom. The first-order chi connectivity index (χ1) is 13.5. The molecule has 1 aromatic carbocycles. The highest BCUT2D eigenvalue weighted by Crippen LogP contribution is 2.31. The predicted molar refractivity (Wildman–Crippen MR) is 102 cm³/mol. The lowest BCUT2D eigenvalue weighted by Crippen LogP contribution is -2.39. The van der Waals surface area contributed by atoms with Crippen LogP contribution in [0.25, 0.3) is 10.9 Å². The maximum atomic E-state index is 13.5. The van der Waals surface area contributed by atoms with Gasteiger partial charge in [-0.1, -0.05) is 0 Å². The van der Waals surface area contributed by atoms with Crippen molar-refractivity contribution >= 4 is 16.8 Å². The highest BCUT2D eigenvalue weighted by atomic mass is 19.1. The second-order valence-corrected chi connectivity index (χ2v) is 7.78. The highest BCUT2D eigenvalue weighted by molar-refractivity contribution is 5.98. The van der Waals surface area contributed by atoms with E-state index in [0.717, 1.165) is 35.5 Å². The molecule has 5 rings (SSSR count). The van der Waals surface area contributed by atoms with Crippen LogP contribution in [-0.4, -0.2) is 55.2 Å². The number of hydrogen-bond donors (Lipinski definition) is 0. The summed E-state index contributed by atoms with van der Waals surface area (Å²) in [6.07, 6.45) is 2.28. The molecule has 0 bridgehead atoms. The summed E-state index contributed by atoms with van der Waals surface area (Å²) in [6.45, 7) is 2.84. The number of aromatic nitrogens is 4. The minimum Gasteiger partial charge on any atom is -0.340 e. The molecule has 146 valence electrons. The molecule has 1 fully saturated rings. The lowest BCUT2D eigenvalue weighted by Gasteiger charge is -2.29. The van der Waals surface area contributed by atoms with Crippen molar-refractivity contribution < 1.29 is 9.18 Å². The predicted octanol–water partition coefficient (Wildman–Crippen LogP) is 2.33. The average Bonchev–Trinajstić information content (AvgIpc) is 3.37. The van der Waals surface area contributed by atoms with Crippen molar-refractivity contribution in [1.82, 2.24) is 29.1 Å². The van der Waals surface area contributed by atoms with Gasteiger partial charge < -0.3 is 14.0 Å². The Morgan fingerprint density at radius 2 is 2.00 bits per heavy atom. The van der Waals surface area contributed by atoms with Gasteiger partial charge in [-0.25, -0.2) is 4.39 Å². The molecule has 0 saturated carbocycles. The van der Waals surface area contributed by atoms with Gasteiger partial charge in [0.1, 0.15) is 11.5 Å². The maximum Gasteiger partial charge on any atom is 0.270 e. The Labute approximate surface area is 162 Å². The monoisotopic (exact) mass is 382 g/mol. The molecule has 1 saturated heterocycles. The zero-order valence-corrected chi connectivity index (χ0v) is 16.1. The molecular formula is C20H23FN6O. The van der Waals surface area contributed by atoms with Crippen LogP contribution in [0, 0.1) is 5.82 Å². The van der Waals surface area contributed by atoms with Gasteiger partial charge in [-0.15, -0.1) is 10.2 Å². The molecule has 4 heterocycles. The first kappa shape index (κ1) is 17.4. The van der Waals surface area contributed by atoms with Crippen molar-refractivity contribution in [2.24, 2.45) is 7.05 Å². The second-order valence-electron chi connectivity index (χ2n) is 7.78. The molecule has 0 aliphatic carbocycles. The summed E-state index contributed by atoms with van der Waals surface area (Å²) in [5.74, 6) is 1.49. The van der Waals surface area contributed by atoms with E-state index >= 15 is 0 Å². The Kier molecular flexibility index (Phi) is 3.97. The van der Waals surface area contributed by atoms with Crippen molar-refractivity contribution in [3.05, 3.63) is 47.4 Å². The molecule has 3 aromatic rings. The molecule has 1 unspecified atom stereocenters. The summed E-state index contributed by atoms with van der Waals surface area (Å²) in [7, 11) is 3.97. The van der Waals surface area contributed by atoms with Crippen molar-refractivity contribution in [3.8, 4) is 0 Å². The van der Waals surface area contributed by atoms with E-state index in [1.807, 2.05) is 11.6 Å². The van der Waals surface area contributed by atoms with E-state index in [9.17, 15) is 9.18 Å². The normalized spacial score (nSPS) is 20.1. The molecule has 2 aliphatic rings. The Hall–Kier alpha value is -2.74. The minimum absolute atomic E-state index is 0.0621. The minimum atomic E-state index is -0.299. The van der Waals surface area contributed by atoms with Gasteiger partial charge in [0.25, 0.3) is 5.91 Å². The molecule has 0 N–H and O–H groups in total. The summed E-state index contributed by atoms with van der Waals surface area (Å²) in [6, 6.07) is 6.67. The first-order valence-corrected chi connectivity index (χ1v) is 9.69. The molecule has 1 atom stereocenters. The van der Waals surface area contributed by atoms with E-state index in [4.69, 9.17) is 0 Å². The third kappa shape index (κ3) is 2.63. The van der Waals surface area contributed by atoms with E-state index in [2.05, 4.69) is 26.7 Å². The number of halogens is 1. The number of likely N-dealkylation sites (tertiary alicyclic amines) is 1. The molecule has 28 heavy (non-hydrogen) atoms. The van der Waals surface area contributed by atoms with Crippen LogP contribution in [0.1, 0.15) is 41.0 Å². The number of carbonyl (C=O) groups is 1. The fourth-order valence-corrected chi connectivity index (χ4v) is 4.52. The van der Waals surface area contributed by atoms with Crippen molar-refractivity contribution in [2.45, 2.75) is 32.0 Å². The summed E-state index contributed by atoms with van der Waals surface area (Å²) < 4.78 is 17.5. The molecule has 7 nitrogen and oxygen atoms in total. The quantitative estimate of drug-likeness (QED) is 0.683. The number of rotatable bonds is 2. The lowest BCUT2D eigenvalue weighted by molar-refractivity contribution is 0.0695. The SMILES string of the molecule is CN1CCCC1c1nnc2n1CCN(C(=O)c1cc3cc(F)ccc3n1C)C2. The molecule has 8 heteroatoms. The van der Waals surface area contributed by atoms with Crippen LogP contribution in [0.3, 0.4) is 0 Å². The molecular weight excluding hydrogens is 359 g/mol. The third-order valence-corrected chi connectivity index (χ3v) is 6.11. The van der Waals surface area contributed by atoms with Gasteiger partial charge in [0.15, 0.2) is 11.6 Å². The van der Waals surface area contributed by atoms with E-state index in [1.54, 1.807) is 17.0 Å². The molecule has 2 aromatic heterocycles. The Morgan fingerprint density at radius 3 is 2.79 bits per heavy atom. The number of aryl methyl sites for hydroxylation is 1. The summed E-state index contributed by atoms with van der Waals surface area (Å²) in [5.41, 5.74) is 1.40. The Bertz CT molecular complexity index is 1070. The standard InChI is InChI=1S/C20H23FN6O/c1-24-7-3-4-16(24)19-23-22-18-12-26(8-9-27(18)19)20(28)17-11-13-10-14(21)5-6-15(13)25(17)2/h5-6,10-11,16H,3-4,7-9,12H2,1-2H3.